The molecule has 1 rings (SSSR count). The second-order valence-electron chi connectivity index (χ2n) is 3.33. The van der Waals surface area contributed by atoms with Crippen LogP contribution in [0.1, 0.15) is 31.1 Å². The summed E-state index contributed by atoms with van der Waals surface area (Å²) in [5.41, 5.74) is 8.39. The van der Waals surface area contributed by atoms with E-state index in [-0.39, 0.29) is 6.04 Å². The van der Waals surface area contributed by atoms with Crippen molar-refractivity contribution in [1.82, 2.24) is 4.98 Å². The Balaban J connectivity index is 2.84. The molecule has 0 amide bonds. The van der Waals surface area contributed by atoms with E-state index in [0.29, 0.717) is 5.92 Å². The molecule has 0 spiro atoms. The van der Waals surface area contributed by atoms with Gasteiger partial charge in [-0.15, -0.1) is 0 Å². The molecule has 0 saturated carbocycles. The van der Waals surface area contributed by atoms with Gasteiger partial charge in [0, 0.05) is 17.9 Å². The van der Waals surface area contributed by atoms with Crippen molar-refractivity contribution in [3.8, 4) is 0 Å². The van der Waals surface area contributed by atoms with Gasteiger partial charge in [-0.1, -0.05) is 13.8 Å². The van der Waals surface area contributed by atoms with Gasteiger partial charge in [0.05, 0.1) is 0 Å². The summed E-state index contributed by atoms with van der Waals surface area (Å²) >= 11 is 0. The van der Waals surface area contributed by atoms with Gasteiger partial charge in [-0.25, -0.2) is 0 Å². The predicted molar refractivity (Wildman–Crippen MR) is 47.3 cm³/mol. The fourth-order valence-corrected chi connectivity index (χ4v) is 1.19. The third-order valence-electron chi connectivity index (χ3n) is 2.07. The molecule has 2 heteroatoms. The first-order valence-electron chi connectivity index (χ1n) is 4.02. The van der Waals surface area contributed by atoms with Crippen molar-refractivity contribution in [2.24, 2.45) is 11.7 Å². The average Bonchev–Trinajstić information content (AvgIpc) is 2.33. The van der Waals surface area contributed by atoms with E-state index in [1.54, 1.807) is 0 Å². The van der Waals surface area contributed by atoms with Crippen LogP contribution in [0.25, 0.3) is 0 Å². The van der Waals surface area contributed by atoms with Crippen LogP contribution in [-0.4, -0.2) is 4.98 Å². The number of nitrogens with two attached hydrogens (primary N) is 1. The highest BCUT2D eigenvalue weighted by molar-refractivity contribution is 5.23. The maximum Gasteiger partial charge on any atom is 0.0335 e. The first kappa shape index (κ1) is 8.34. The molecule has 1 atom stereocenters. The number of nitrogens with one attached hydrogen (secondary N) is 1. The summed E-state index contributed by atoms with van der Waals surface area (Å²) in [5, 5.41) is 0. The number of hydrogen-bond donors (Lipinski definition) is 2. The summed E-state index contributed by atoms with van der Waals surface area (Å²) in [6.45, 7) is 6.33. The summed E-state index contributed by atoms with van der Waals surface area (Å²) in [6.07, 6.45) is 1.94. The molecular formula is C9H16N2. The van der Waals surface area contributed by atoms with E-state index in [9.17, 15) is 0 Å². The third kappa shape index (κ3) is 1.63. The van der Waals surface area contributed by atoms with Crippen LogP contribution in [-0.2, 0) is 0 Å². The zero-order valence-electron chi connectivity index (χ0n) is 7.39. The Kier molecular flexibility index (Phi) is 2.35. The van der Waals surface area contributed by atoms with Crippen LogP contribution in [0.5, 0.6) is 0 Å². The Morgan fingerprint density at radius 3 is 2.45 bits per heavy atom. The van der Waals surface area contributed by atoms with E-state index in [1.165, 1.54) is 11.3 Å². The van der Waals surface area contributed by atoms with Gasteiger partial charge < -0.3 is 10.7 Å². The minimum absolute atomic E-state index is 0.168. The van der Waals surface area contributed by atoms with E-state index in [2.05, 4.69) is 31.8 Å². The lowest BCUT2D eigenvalue weighted by Crippen LogP contribution is -2.16. The normalized spacial score (nSPS) is 13.9. The van der Waals surface area contributed by atoms with Crippen molar-refractivity contribution in [1.29, 1.82) is 0 Å². The molecule has 62 valence electrons. The molecule has 1 unspecified atom stereocenters. The Bertz CT molecular complexity index is 225. The first-order chi connectivity index (χ1) is 5.13. The summed E-state index contributed by atoms with van der Waals surface area (Å²) in [4.78, 5) is 3.12. The van der Waals surface area contributed by atoms with Crippen LogP contribution in [0.2, 0.25) is 0 Å². The van der Waals surface area contributed by atoms with Gasteiger partial charge in [-0.05, 0) is 24.5 Å². The van der Waals surface area contributed by atoms with Gasteiger partial charge in [0.15, 0.2) is 0 Å². The van der Waals surface area contributed by atoms with Crippen LogP contribution in [0.15, 0.2) is 12.3 Å². The van der Waals surface area contributed by atoms with Crippen molar-refractivity contribution < 1.29 is 0 Å². The smallest absolute Gasteiger partial charge is 0.0335 e. The van der Waals surface area contributed by atoms with Crippen molar-refractivity contribution >= 4 is 0 Å². The molecule has 1 aromatic heterocycles. The number of aromatic nitrogens is 1. The number of aryl methyl sites for hydroxylation is 1. The molecule has 0 radical (unpaired) electrons. The van der Waals surface area contributed by atoms with Gasteiger partial charge in [-0.2, -0.15) is 0 Å². The molecule has 0 aliphatic rings. The zero-order valence-corrected chi connectivity index (χ0v) is 7.39. The number of aromatic amines is 1. The maximum absolute atomic E-state index is 5.96. The van der Waals surface area contributed by atoms with Crippen LogP contribution in [0, 0.1) is 12.8 Å². The number of H-pyrrole nitrogens is 1. The molecule has 0 aliphatic heterocycles. The average molecular weight is 152 g/mol. The van der Waals surface area contributed by atoms with Gasteiger partial charge in [0.25, 0.3) is 0 Å². The van der Waals surface area contributed by atoms with E-state index in [4.69, 9.17) is 5.73 Å². The second kappa shape index (κ2) is 3.09. The molecule has 0 fully saturated rings. The van der Waals surface area contributed by atoms with Gasteiger partial charge in [0.1, 0.15) is 0 Å². The van der Waals surface area contributed by atoms with Crippen molar-refractivity contribution in [2.45, 2.75) is 26.8 Å². The molecule has 2 nitrogen and oxygen atoms in total. The molecule has 3 N–H and O–H groups in total. The third-order valence-corrected chi connectivity index (χ3v) is 2.07. The molecule has 0 bridgehead atoms. The van der Waals surface area contributed by atoms with E-state index in [0.717, 1.165) is 0 Å². The Labute approximate surface area is 67.8 Å². The van der Waals surface area contributed by atoms with Crippen molar-refractivity contribution in [3.05, 3.63) is 23.5 Å². The van der Waals surface area contributed by atoms with Crippen molar-refractivity contribution in [3.63, 3.8) is 0 Å². The van der Waals surface area contributed by atoms with Crippen molar-refractivity contribution in [2.75, 3.05) is 0 Å². The van der Waals surface area contributed by atoms with Gasteiger partial charge in [0.2, 0.25) is 0 Å². The molecule has 0 aromatic carbocycles. The van der Waals surface area contributed by atoms with Crippen LogP contribution < -0.4 is 5.73 Å². The predicted octanol–water partition coefficient (Wildman–Crippen LogP) is 1.98. The molecule has 1 aromatic rings. The lowest BCUT2D eigenvalue weighted by atomic mass is 9.98. The summed E-state index contributed by atoms with van der Waals surface area (Å²) in [5.74, 6) is 0.504. The molecule has 1 heterocycles. The fraction of sp³-hybridized carbons (Fsp3) is 0.556. The zero-order chi connectivity index (χ0) is 8.43. The van der Waals surface area contributed by atoms with Crippen LogP contribution in [0.3, 0.4) is 0 Å². The van der Waals surface area contributed by atoms with Crippen LogP contribution >= 0.6 is 0 Å². The van der Waals surface area contributed by atoms with E-state index < -0.39 is 0 Å². The molecule has 0 aliphatic carbocycles. The topological polar surface area (TPSA) is 41.8 Å². The second-order valence-corrected chi connectivity index (χ2v) is 3.33. The van der Waals surface area contributed by atoms with Gasteiger partial charge in [-0.3, -0.25) is 0 Å². The van der Waals surface area contributed by atoms with Crippen LogP contribution in [0.4, 0.5) is 0 Å². The highest BCUT2D eigenvalue weighted by Crippen LogP contribution is 2.20. The highest BCUT2D eigenvalue weighted by atomic mass is 14.7. The quantitative estimate of drug-likeness (QED) is 0.668. The van der Waals surface area contributed by atoms with E-state index >= 15 is 0 Å². The van der Waals surface area contributed by atoms with E-state index in [1.807, 2.05) is 6.20 Å². The summed E-state index contributed by atoms with van der Waals surface area (Å²) in [6, 6.07) is 2.22. The summed E-state index contributed by atoms with van der Waals surface area (Å²) < 4.78 is 0. The SMILES string of the molecule is Cc1[nH]ccc1C(N)C(C)C. The van der Waals surface area contributed by atoms with Gasteiger partial charge >= 0.3 is 0 Å². The fourth-order valence-electron chi connectivity index (χ4n) is 1.19. The number of hydrogen-bond acceptors (Lipinski definition) is 1. The lowest BCUT2D eigenvalue weighted by molar-refractivity contribution is 0.512. The first-order valence-corrected chi connectivity index (χ1v) is 4.02. The Hall–Kier alpha value is -0.760. The Morgan fingerprint density at radius 2 is 2.09 bits per heavy atom. The molecule has 11 heavy (non-hydrogen) atoms. The largest absolute Gasteiger partial charge is 0.365 e. The lowest BCUT2D eigenvalue weighted by Gasteiger charge is -2.14. The maximum atomic E-state index is 5.96. The standard InChI is InChI=1S/C9H16N2/c1-6(2)9(10)8-4-5-11-7(8)3/h4-6,9,11H,10H2,1-3H3. The highest BCUT2D eigenvalue weighted by Gasteiger charge is 2.12. The number of rotatable bonds is 2. The monoisotopic (exact) mass is 152 g/mol. The summed E-state index contributed by atoms with van der Waals surface area (Å²) in [7, 11) is 0. The minimum Gasteiger partial charge on any atom is -0.365 e. The minimum atomic E-state index is 0.168. The molecule has 0 saturated heterocycles. The molecular weight excluding hydrogens is 136 g/mol. The Morgan fingerprint density at radius 1 is 1.45 bits per heavy atom.